The van der Waals surface area contributed by atoms with E-state index in [-0.39, 0.29) is 5.91 Å². The second-order valence-electron chi connectivity index (χ2n) is 8.50. The van der Waals surface area contributed by atoms with Crippen LogP contribution in [0.25, 0.3) is 11.1 Å². The molecule has 3 aromatic carbocycles. The highest BCUT2D eigenvalue weighted by Gasteiger charge is 2.20. The number of pyridine rings is 1. The fourth-order valence-electron chi connectivity index (χ4n) is 4.12. The van der Waals surface area contributed by atoms with Gasteiger partial charge in [-0.1, -0.05) is 30.3 Å². The third-order valence-electron chi connectivity index (χ3n) is 6.03. The molecule has 4 aromatic rings. The van der Waals surface area contributed by atoms with Crippen LogP contribution in [-0.2, 0) is 20.2 Å². The first-order valence-electron chi connectivity index (χ1n) is 11.8. The molecule has 0 saturated carbocycles. The zero-order valence-corrected chi connectivity index (χ0v) is 21.1. The van der Waals surface area contributed by atoms with Gasteiger partial charge in [-0.15, -0.1) is 0 Å². The number of aromatic nitrogens is 1. The summed E-state index contributed by atoms with van der Waals surface area (Å²) < 4.78 is 19.0. The number of benzene rings is 3. The molecule has 184 valence electrons. The van der Waals surface area contributed by atoms with Crippen molar-refractivity contribution < 1.29 is 23.6 Å². The summed E-state index contributed by atoms with van der Waals surface area (Å²) in [7, 11) is 5.24. The highest BCUT2D eigenvalue weighted by molar-refractivity contribution is 5.94. The van der Waals surface area contributed by atoms with Crippen molar-refractivity contribution >= 4 is 5.91 Å². The van der Waals surface area contributed by atoms with Gasteiger partial charge in [-0.2, -0.15) is 4.57 Å². The lowest BCUT2D eigenvalue weighted by Crippen LogP contribution is -2.30. The average molecular weight is 484 g/mol. The van der Waals surface area contributed by atoms with E-state index in [9.17, 15) is 4.79 Å². The molecule has 1 amide bonds. The molecule has 0 spiro atoms. The Hall–Kier alpha value is -4.32. The fraction of sp³-hybridized carbons (Fsp3) is 0.200. The molecule has 1 aromatic heterocycles. The van der Waals surface area contributed by atoms with Crippen LogP contribution in [0.4, 0.5) is 0 Å². The van der Waals surface area contributed by atoms with Crippen LogP contribution in [-0.4, -0.2) is 20.1 Å². The number of aryl methyl sites for hydroxylation is 2. The van der Waals surface area contributed by atoms with Gasteiger partial charge in [-0.05, 0) is 71.6 Å². The van der Waals surface area contributed by atoms with E-state index < -0.39 is 0 Å². The molecule has 1 N–H and O–H groups in total. The normalized spacial score (nSPS) is 10.6. The van der Waals surface area contributed by atoms with Gasteiger partial charge in [0.25, 0.3) is 5.91 Å². The van der Waals surface area contributed by atoms with Gasteiger partial charge in [0, 0.05) is 18.2 Å². The summed E-state index contributed by atoms with van der Waals surface area (Å²) in [6.07, 6.45) is 1.94. The van der Waals surface area contributed by atoms with E-state index in [1.165, 1.54) is 0 Å². The summed E-state index contributed by atoms with van der Waals surface area (Å²) in [5, 5.41) is 3.04. The molecule has 4 rings (SSSR count). The summed E-state index contributed by atoms with van der Waals surface area (Å²) >= 11 is 0. The number of carbonyl (C=O) groups excluding carboxylic acids is 1. The number of hydrogen-bond donors (Lipinski definition) is 1. The second kappa shape index (κ2) is 11.4. The van der Waals surface area contributed by atoms with Crippen molar-refractivity contribution in [2.45, 2.75) is 20.1 Å². The molecule has 0 aliphatic carbocycles. The van der Waals surface area contributed by atoms with E-state index in [1.807, 2.05) is 85.4 Å². The zero-order valence-electron chi connectivity index (χ0n) is 21.1. The predicted octanol–water partition coefficient (Wildman–Crippen LogP) is 5.01. The van der Waals surface area contributed by atoms with Crippen molar-refractivity contribution in [1.29, 1.82) is 0 Å². The Morgan fingerprint density at radius 2 is 1.64 bits per heavy atom. The highest BCUT2D eigenvalue weighted by atomic mass is 16.5. The maximum absolute atomic E-state index is 12.9. The third-order valence-corrected chi connectivity index (χ3v) is 6.03. The van der Waals surface area contributed by atoms with Gasteiger partial charge in [0.05, 0.1) is 19.8 Å². The van der Waals surface area contributed by atoms with Crippen molar-refractivity contribution in [3.8, 4) is 28.5 Å². The molecule has 6 nitrogen and oxygen atoms in total. The summed E-state index contributed by atoms with van der Waals surface area (Å²) in [6.45, 7) is 2.81. The number of hydrogen-bond acceptors (Lipinski definition) is 4. The van der Waals surface area contributed by atoms with Crippen molar-refractivity contribution in [1.82, 2.24) is 5.32 Å². The lowest BCUT2D eigenvalue weighted by molar-refractivity contribution is -0.676. The second-order valence-corrected chi connectivity index (χ2v) is 8.50. The number of rotatable bonds is 9. The minimum absolute atomic E-state index is 0.166. The summed E-state index contributed by atoms with van der Waals surface area (Å²) in [4.78, 5) is 12.9. The topological polar surface area (TPSA) is 60.7 Å². The number of ether oxygens (including phenoxy) is 3. The molecule has 0 aliphatic rings. The number of nitrogens with one attached hydrogen (secondary N) is 1. The first-order chi connectivity index (χ1) is 17.5. The van der Waals surface area contributed by atoms with Crippen molar-refractivity contribution in [2.24, 2.45) is 7.05 Å². The standard InChI is InChI=1S/C30H30N2O4/c1-21-17-27(26-11-8-16-32(2)30(26)35-4)24(18-28(21)34-3)19-31-29(33)23-12-14-25(15-13-23)36-20-22-9-6-5-7-10-22/h5-18H,19-20H2,1-4H3/p+1. The van der Waals surface area contributed by atoms with Crippen LogP contribution in [0.1, 0.15) is 27.0 Å². The maximum Gasteiger partial charge on any atom is 0.375 e. The zero-order chi connectivity index (χ0) is 25.5. The van der Waals surface area contributed by atoms with E-state index in [0.29, 0.717) is 24.5 Å². The number of methoxy groups -OCH3 is 2. The molecule has 0 bridgehead atoms. The quantitative estimate of drug-likeness (QED) is 0.340. The average Bonchev–Trinajstić information content (AvgIpc) is 2.91. The Balaban J connectivity index is 1.50. The van der Waals surface area contributed by atoms with Crippen molar-refractivity contribution in [3.05, 3.63) is 107 Å². The van der Waals surface area contributed by atoms with Crippen LogP contribution < -0.4 is 24.1 Å². The van der Waals surface area contributed by atoms with Crippen molar-refractivity contribution in [2.75, 3.05) is 14.2 Å². The SMILES string of the molecule is COc1cc(CNC(=O)c2ccc(OCc3ccccc3)cc2)c(-c2ccc[n+](C)c2OC)cc1C. The molecule has 1 heterocycles. The minimum Gasteiger partial charge on any atom is -0.496 e. The van der Waals surface area contributed by atoms with Gasteiger partial charge in [-0.25, -0.2) is 0 Å². The molecule has 0 fully saturated rings. The van der Waals surface area contributed by atoms with Crippen LogP contribution in [0, 0.1) is 6.92 Å². The molecule has 0 aliphatic heterocycles. The van der Waals surface area contributed by atoms with Crippen LogP contribution in [0.5, 0.6) is 17.4 Å². The van der Waals surface area contributed by atoms with Crippen molar-refractivity contribution in [3.63, 3.8) is 0 Å². The molecule has 0 saturated heterocycles. The number of nitrogens with zero attached hydrogens (tertiary/aromatic N) is 1. The van der Waals surface area contributed by atoms with Crippen LogP contribution in [0.15, 0.2) is 85.1 Å². The predicted molar refractivity (Wildman–Crippen MR) is 139 cm³/mol. The van der Waals surface area contributed by atoms with Gasteiger partial charge >= 0.3 is 5.88 Å². The van der Waals surface area contributed by atoms with Gasteiger partial charge in [0.1, 0.15) is 25.2 Å². The van der Waals surface area contributed by atoms with Crippen LogP contribution in [0.3, 0.4) is 0 Å². The van der Waals surface area contributed by atoms with E-state index in [2.05, 4.69) is 11.4 Å². The molecule has 0 radical (unpaired) electrons. The molecular weight excluding hydrogens is 452 g/mol. The van der Waals surface area contributed by atoms with E-state index in [4.69, 9.17) is 14.2 Å². The Morgan fingerprint density at radius 1 is 0.889 bits per heavy atom. The van der Waals surface area contributed by atoms with Crippen LogP contribution in [0.2, 0.25) is 0 Å². The lowest BCUT2D eigenvalue weighted by atomic mass is 9.97. The Bertz CT molecular complexity index is 1340. The molecular formula is C30H31N2O4+. The molecule has 6 heteroatoms. The van der Waals surface area contributed by atoms with E-state index >= 15 is 0 Å². The smallest absolute Gasteiger partial charge is 0.375 e. The van der Waals surface area contributed by atoms with E-state index in [1.54, 1.807) is 26.4 Å². The summed E-state index contributed by atoms with van der Waals surface area (Å²) in [5.41, 5.74) is 5.50. The van der Waals surface area contributed by atoms with Gasteiger partial charge in [-0.3, -0.25) is 4.79 Å². The molecule has 36 heavy (non-hydrogen) atoms. The fourth-order valence-corrected chi connectivity index (χ4v) is 4.12. The summed E-state index contributed by atoms with van der Waals surface area (Å²) in [5.74, 6) is 2.05. The highest BCUT2D eigenvalue weighted by Crippen LogP contribution is 2.34. The Kier molecular flexibility index (Phi) is 7.85. The number of carbonyl (C=O) groups is 1. The monoisotopic (exact) mass is 483 g/mol. The van der Waals surface area contributed by atoms with E-state index in [0.717, 1.165) is 39.4 Å². The Labute approximate surface area is 212 Å². The molecule has 0 atom stereocenters. The van der Waals surface area contributed by atoms with Gasteiger partial charge < -0.3 is 19.5 Å². The minimum atomic E-state index is -0.166. The number of amides is 1. The van der Waals surface area contributed by atoms with Crippen LogP contribution >= 0.6 is 0 Å². The maximum atomic E-state index is 12.9. The van der Waals surface area contributed by atoms with Gasteiger partial charge in [0.15, 0.2) is 6.20 Å². The Morgan fingerprint density at radius 3 is 2.33 bits per heavy atom. The first-order valence-corrected chi connectivity index (χ1v) is 11.8. The largest absolute Gasteiger partial charge is 0.496 e. The first kappa shape index (κ1) is 24.8. The van der Waals surface area contributed by atoms with Gasteiger partial charge in [0.2, 0.25) is 0 Å². The lowest BCUT2D eigenvalue weighted by Gasteiger charge is -2.16. The molecule has 0 unspecified atom stereocenters. The summed E-state index contributed by atoms with van der Waals surface area (Å²) in [6, 6.07) is 25.2. The third kappa shape index (κ3) is 5.66.